The number of hydrogen-bond donors (Lipinski definition) is 8. The second kappa shape index (κ2) is 14.6. The standard InChI is InChI=1S/C21H29N5O8S/c22-12(6-7-16(23)27)18(30)24-13(8-11-4-2-1-3-5-11)19(31)25-14(9-17(28)29)20(32)26-15(10-35)21(33)34/h1-5,12-15,35H,6-10,22H2,(H2,23,27)(H,24,30)(H,25,31)(H,26,32)(H,28,29)(H,33,34). The Bertz CT molecular complexity index is 930. The van der Waals surface area contributed by atoms with Crippen molar-refractivity contribution < 1.29 is 39.0 Å². The quantitative estimate of drug-likeness (QED) is 0.119. The number of primary amides is 1. The van der Waals surface area contributed by atoms with Crippen LogP contribution in [0.5, 0.6) is 0 Å². The van der Waals surface area contributed by atoms with E-state index in [4.69, 9.17) is 21.7 Å². The highest BCUT2D eigenvalue weighted by Gasteiger charge is 2.31. The average molecular weight is 512 g/mol. The topological polar surface area (TPSA) is 231 Å². The summed E-state index contributed by atoms with van der Waals surface area (Å²) in [5.74, 6) is -6.47. The molecule has 4 unspecified atom stereocenters. The highest BCUT2D eigenvalue weighted by Crippen LogP contribution is 2.06. The van der Waals surface area contributed by atoms with Crippen molar-refractivity contribution in [2.24, 2.45) is 11.5 Å². The number of hydrogen-bond acceptors (Lipinski definition) is 8. The number of benzene rings is 1. The Balaban J connectivity index is 3.07. The lowest BCUT2D eigenvalue weighted by Gasteiger charge is -2.24. The number of amides is 4. The van der Waals surface area contributed by atoms with E-state index in [1.165, 1.54) is 0 Å². The third-order valence-electron chi connectivity index (χ3n) is 4.76. The molecule has 0 fully saturated rings. The zero-order valence-electron chi connectivity index (χ0n) is 18.7. The summed E-state index contributed by atoms with van der Waals surface area (Å²) >= 11 is 3.82. The number of carboxylic acid groups (broad SMARTS) is 2. The predicted molar refractivity (Wildman–Crippen MR) is 126 cm³/mol. The van der Waals surface area contributed by atoms with Crippen LogP contribution in [0.3, 0.4) is 0 Å². The van der Waals surface area contributed by atoms with Crippen LogP contribution in [-0.2, 0) is 35.2 Å². The van der Waals surface area contributed by atoms with Crippen LogP contribution < -0.4 is 27.4 Å². The fraction of sp³-hybridized carbons (Fsp3) is 0.429. The molecule has 0 radical (unpaired) electrons. The fourth-order valence-electron chi connectivity index (χ4n) is 2.88. The maximum absolute atomic E-state index is 13.0. The van der Waals surface area contributed by atoms with Gasteiger partial charge in [-0.3, -0.25) is 24.0 Å². The summed E-state index contributed by atoms with van der Waals surface area (Å²) in [6.07, 6.45) is -1.09. The van der Waals surface area contributed by atoms with Crippen molar-refractivity contribution in [2.75, 3.05) is 5.75 Å². The van der Waals surface area contributed by atoms with E-state index in [-0.39, 0.29) is 25.0 Å². The molecule has 0 aliphatic rings. The Morgan fingerprint density at radius 2 is 1.40 bits per heavy atom. The number of rotatable bonds is 15. The number of carbonyl (C=O) groups excluding carboxylic acids is 4. The van der Waals surface area contributed by atoms with Gasteiger partial charge in [-0.1, -0.05) is 30.3 Å². The third kappa shape index (κ3) is 10.9. The van der Waals surface area contributed by atoms with Gasteiger partial charge in [0.2, 0.25) is 23.6 Å². The summed E-state index contributed by atoms with van der Waals surface area (Å²) in [5, 5.41) is 25.1. The first-order chi connectivity index (χ1) is 16.4. The number of nitrogens with one attached hydrogen (secondary N) is 3. The highest BCUT2D eigenvalue weighted by molar-refractivity contribution is 7.80. The lowest BCUT2D eigenvalue weighted by molar-refractivity contribution is -0.143. The predicted octanol–water partition coefficient (Wildman–Crippen LogP) is -2.23. The first kappa shape index (κ1) is 29.4. The van der Waals surface area contributed by atoms with Crippen molar-refractivity contribution in [1.82, 2.24) is 16.0 Å². The lowest BCUT2D eigenvalue weighted by Crippen LogP contribution is -2.58. The van der Waals surface area contributed by atoms with E-state index in [1.54, 1.807) is 30.3 Å². The lowest BCUT2D eigenvalue weighted by atomic mass is 10.0. The van der Waals surface area contributed by atoms with Crippen LogP contribution in [0.25, 0.3) is 0 Å². The summed E-state index contributed by atoms with van der Waals surface area (Å²) in [5.41, 5.74) is 11.5. The van der Waals surface area contributed by atoms with Gasteiger partial charge in [0.05, 0.1) is 12.5 Å². The van der Waals surface area contributed by atoms with Crippen molar-refractivity contribution in [3.63, 3.8) is 0 Å². The molecule has 13 nitrogen and oxygen atoms in total. The van der Waals surface area contributed by atoms with Crippen molar-refractivity contribution in [1.29, 1.82) is 0 Å². The van der Waals surface area contributed by atoms with Gasteiger partial charge in [-0.25, -0.2) is 4.79 Å². The smallest absolute Gasteiger partial charge is 0.327 e. The van der Waals surface area contributed by atoms with Gasteiger partial charge < -0.3 is 37.6 Å². The van der Waals surface area contributed by atoms with Crippen LogP contribution in [0.4, 0.5) is 0 Å². The van der Waals surface area contributed by atoms with Crippen LogP contribution >= 0.6 is 12.6 Å². The molecule has 1 aromatic carbocycles. The van der Waals surface area contributed by atoms with Crippen molar-refractivity contribution in [3.05, 3.63) is 35.9 Å². The summed E-state index contributed by atoms with van der Waals surface area (Å²) in [4.78, 5) is 71.4. The van der Waals surface area contributed by atoms with Crippen molar-refractivity contribution in [2.45, 2.75) is 49.9 Å². The molecule has 14 heteroatoms. The number of aliphatic carboxylic acids is 2. The van der Waals surface area contributed by atoms with Gasteiger partial charge in [-0.05, 0) is 12.0 Å². The van der Waals surface area contributed by atoms with E-state index < -0.39 is 66.2 Å². The molecule has 0 aliphatic carbocycles. The molecule has 9 N–H and O–H groups in total. The Morgan fingerprint density at radius 1 is 0.857 bits per heavy atom. The van der Waals surface area contributed by atoms with E-state index in [2.05, 4.69) is 28.6 Å². The first-order valence-corrected chi connectivity index (χ1v) is 11.1. The second-order valence-electron chi connectivity index (χ2n) is 7.60. The van der Waals surface area contributed by atoms with Crippen LogP contribution in [0.15, 0.2) is 30.3 Å². The SMILES string of the molecule is NC(=O)CCC(N)C(=O)NC(Cc1ccccc1)C(=O)NC(CC(=O)O)C(=O)NC(CS)C(=O)O. The van der Waals surface area contributed by atoms with Gasteiger partial charge in [0.1, 0.15) is 18.1 Å². The number of carboxylic acids is 2. The van der Waals surface area contributed by atoms with Gasteiger partial charge in [0.25, 0.3) is 0 Å². The molecular weight excluding hydrogens is 482 g/mol. The molecule has 0 saturated carbocycles. The van der Waals surface area contributed by atoms with Crippen LogP contribution in [0.1, 0.15) is 24.8 Å². The Labute approximate surface area is 206 Å². The van der Waals surface area contributed by atoms with Gasteiger partial charge in [-0.15, -0.1) is 0 Å². The van der Waals surface area contributed by atoms with E-state index >= 15 is 0 Å². The maximum atomic E-state index is 13.0. The molecule has 4 atom stereocenters. The molecule has 4 amide bonds. The zero-order chi connectivity index (χ0) is 26.5. The van der Waals surface area contributed by atoms with Crippen molar-refractivity contribution >= 4 is 48.2 Å². The Hall–Kier alpha value is -3.65. The highest BCUT2D eigenvalue weighted by atomic mass is 32.1. The van der Waals surface area contributed by atoms with Crippen molar-refractivity contribution in [3.8, 4) is 0 Å². The molecule has 0 aliphatic heterocycles. The summed E-state index contributed by atoms with van der Waals surface area (Å²) in [6.45, 7) is 0. The maximum Gasteiger partial charge on any atom is 0.327 e. The van der Waals surface area contributed by atoms with Gasteiger partial charge in [0.15, 0.2) is 0 Å². The molecule has 1 aromatic rings. The molecule has 1 rings (SSSR count). The molecule has 0 heterocycles. The summed E-state index contributed by atoms with van der Waals surface area (Å²) in [6, 6.07) is 3.04. The first-order valence-electron chi connectivity index (χ1n) is 10.5. The third-order valence-corrected chi connectivity index (χ3v) is 5.13. The molecule has 0 saturated heterocycles. The molecular formula is C21H29N5O8S. The summed E-state index contributed by atoms with van der Waals surface area (Å²) in [7, 11) is 0. The average Bonchev–Trinajstić information content (AvgIpc) is 2.79. The minimum absolute atomic E-state index is 0.0310. The molecule has 0 bridgehead atoms. The molecule has 192 valence electrons. The van der Waals surface area contributed by atoms with E-state index in [0.717, 1.165) is 0 Å². The van der Waals surface area contributed by atoms with Crippen LogP contribution in [0, 0.1) is 0 Å². The normalized spacial score (nSPS) is 14.0. The van der Waals surface area contributed by atoms with Crippen LogP contribution in [-0.4, -0.2) is 75.7 Å². The second-order valence-corrected chi connectivity index (χ2v) is 7.97. The Morgan fingerprint density at radius 3 is 1.91 bits per heavy atom. The fourth-order valence-corrected chi connectivity index (χ4v) is 3.13. The zero-order valence-corrected chi connectivity index (χ0v) is 19.6. The van der Waals surface area contributed by atoms with E-state index in [0.29, 0.717) is 5.56 Å². The van der Waals surface area contributed by atoms with Gasteiger partial charge in [0, 0.05) is 18.6 Å². The molecule has 0 aromatic heterocycles. The van der Waals surface area contributed by atoms with Crippen LogP contribution in [0.2, 0.25) is 0 Å². The number of thiol groups is 1. The molecule has 0 spiro atoms. The number of carbonyl (C=O) groups is 6. The van der Waals surface area contributed by atoms with E-state index in [9.17, 15) is 28.8 Å². The Kier molecular flexibility index (Phi) is 12.2. The van der Waals surface area contributed by atoms with Gasteiger partial charge >= 0.3 is 11.9 Å². The van der Waals surface area contributed by atoms with Gasteiger partial charge in [-0.2, -0.15) is 12.6 Å². The largest absolute Gasteiger partial charge is 0.481 e. The minimum Gasteiger partial charge on any atom is -0.481 e. The minimum atomic E-state index is -1.64. The molecule has 35 heavy (non-hydrogen) atoms. The number of nitrogens with two attached hydrogens (primary N) is 2. The van der Waals surface area contributed by atoms with E-state index in [1.807, 2.05) is 0 Å². The summed E-state index contributed by atoms with van der Waals surface area (Å²) < 4.78 is 0. The monoisotopic (exact) mass is 511 g/mol.